The summed E-state index contributed by atoms with van der Waals surface area (Å²) in [6, 6.07) is 9.48. The summed E-state index contributed by atoms with van der Waals surface area (Å²) in [6.07, 6.45) is -3.90. The molecule has 1 saturated carbocycles. The van der Waals surface area contributed by atoms with E-state index in [1.807, 2.05) is 37.3 Å². The molecule has 0 amide bonds. The van der Waals surface area contributed by atoms with Gasteiger partial charge in [0, 0.05) is 54.9 Å². The zero-order valence-corrected chi connectivity index (χ0v) is 22.5. The Morgan fingerprint density at radius 1 is 1.00 bits per heavy atom. The molecule has 8 nitrogen and oxygen atoms in total. The topological polar surface area (TPSA) is 62.6 Å². The van der Waals surface area contributed by atoms with Crippen molar-refractivity contribution in [2.45, 2.75) is 45.1 Å². The minimum absolute atomic E-state index is 0.117. The van der Waals surface area contributed by atoms with E-state index in [9.17, 15) is 13.2 Å². The van der Waals surface area contributed by atoms with Crippen LogP contribution in [0.25, 0.3) is 5.69 Å². The van der Waals surface area contributed by atoms with Gasteiger partial charge in [-0.15, -0.1) is 10.2 Å². The predicted octanol–water partition coefficient (Wildman–Crippen LogP) is 4.62. The van der Waals surface area contributed by atoms with E-state index in [0.717, 1.165) is 66.5 Å². The van der Waals surface area contributed by atoms with Gasteiger partial charge < -0.3 is 14.5 Å². The lowest BCUT2D eigenvalue weighted by molar-refractivity contribution is -0.207. The van der Waals surface area contributed by atoms with Crippen LogP contribution in [0.15, 0.2) is 30.3 Å². The molecule has 1 spiro atoms. The first-order valence-corrected chi connectivity index (χ1v) is 13.6. The number of anilines is 2. The lowest BCUT2D eigenvalue weighted by Crippen LogP contribution is -2.73. The number of halogens is 4. The molecule has 2 aromatic heterocycles. The fraction of sp³-hybridized carbons (Fsp3) is 0.519. The van der Waals surface area contributed by atoms with Gasteiger partial charge >= 0.3 is 6.18 Å². The van der Waals surface area contributed by atoms with Gasteiger partial charge in [-0.1, -0.05) is 11.6 Å². The maximum absolute atomic E-state index is 13.2. The van der Waals surface area contributed by atoms with Crippen molar-refractivity contribution in [1.29, 1.82) is 0 Å². The molecule has 1 aliphatic carbocycles. The van der Waals surface area contributed by atoms with Crippen LogP contribution in [0.2, 0.25) is 5.02 Å². The van der Waals surface area contributed by atoms with E-state index < -0.39 is 12.1 Å². The number of hydrogen-bond acceptors (Lipinski definition) is 7. The summed E-state index contributed by atoms with van der Waals surface area (Å²) >= 11 is 6.35. The first kappa shape index (κ1) is 25.0. The summed E-state index contributed by atoms with van der Waals surface area (Å²) in [6.45, 7) is 6.42. The number of rotatable bonds is 4. The van der Waals surface area contributed by atoms with E-state index in [2.05, 4.69) is 29.5 Å². The maximum Gasteiger partial charge on any atom is 0.391 e. The van der Waals surface area contributed by atoms with Gasteiger partial charge in [0.2, 0.25) is 5.95 Å². The van der Waals surface area contributed by atoms with E-state index in [0.29, 0.717) is 18.1 Å². The van der Waals surface area contributed by atoms with Crippen LogP contribution in [0.3, 0.4) is 0 Å². The van der Waals surface area contributed by atoms with Crippen molar-refractivity contribution in [2.24, 2.45) is 11.3 Å². The minimum atomic E-state index is -4.14. The van der Waals surface area contributed by atoms with Crippen molar-refractivity contribution >= 4 is 23.4 Å². The Bertz CT molecular complexity index is 1420. The van der Waals surface area contributed by atoms with Gasteiger partial charge in [-0.25, -0.2) is 4.98 Å². The molecule has 7 rings (SSSR count). The number of pyridine rings is 1. The quantitative estimate of drug-likeness (QED) is 0.462. The van der Waals surface area contributed by atoms with Gasteiger partial charge in [0.25, 0.3) is 0 Å². The Hall–Kier alpha value is -3.05. The number of nitrogens with zero attached hydrogens (tertiary/aromatic N) is 7. The lowest BCUT2D eigenvalue weighted by Gasteiger charge is -2.60. The van der Waals surface area contributed by atoms with Crippen LogP contribution in [-0.4, -0.2) is 70.2 Å². The number of fused-ring (bicyclic) bond motifs is 3. The average molecular weight is 560 g/mol. The molecule has 3 aromatic rings. The van der Waals surface area contributed by atoms with E-state index in [1.165, 1.54) is 0 Å². The highest BCUT2D eigenvalue weighted by Crippen LogP contribution is 2.47. The highest BCUT2D eigenvalue weighted by Gasteiger charge is 2.54. The van der Waals surface area contributed by atoms with Crippen LogP contribution in [-0.2, 0) is 13.1 Å². The van der Waals surface area contributed by atoms with Crippen molar-refractivity contribution in [3.8, 4) is 11.4 Å². The molecule has 5 heterocycles. The van der Waals surface area contributed by atoms with Crippen LogP contribution in [0.4, 0.5) is 24.9 Å². The van der Waals surface area contributed by atoms with Crippen LogP contribution in [0, 0.1) is 18.3 Å². The summed E-state index contributed by atoms with van der Waals surface area (Å²) < 4.78 is 47.1. The van der Waals surface area contributed by atoms with Gasteiger partial charge in [0.05, 0.1) is 25.3 Å². The van der Waals surface area contributed by atoms with Crippen molar-refractivity contribution < 1.29 is 17.9 Å². The molecule has 1 aromatic carbocycles. The molecule has 0 bridgehead atoms. The molecule has 0 N–H and O–H groups in total. The molecule has 3 aliphatic heterocycles. The summed E-state index contributed by atoms with van der Waals surface area (Å²) in [5, 5.41) is 9.69. The van der Waals surface area contributed by atoms with E-state index in [4.69, 9.17) is 21.3 Å². The monoisotopic (exact) mass is 559 g/mol. The lowest BCUT2D eigenvalue weighted by atomic mass is 9.73. The van der Waals surface area contributed by atoms with Gasteiger partial charge in [0.15, 0.2) is 17.4 Å². The van der Waals surface area contributed by atoms with Crippen LogP contribution < -0.4 is 14.5 Å². The fourth-order valence-electron chi connectivity index (χ4n) is 6.56. The highest BCUT2D eigenvalue weighted by molar-refractivity contribution is 6.30. The number of hydrogen-bond donors (Lipinski definition) is 0. The first-order valence-electron chi connectivity index (χ1n) is 13.2. The average Bonchev–Trinajstić information content (AvgIpc) is 3.11. The fourth-order valence-corrected chi connectivity index (χ4v) is 6.76. The van der Waals surface area contributed by atoms with E-state index in [1.54, 1.807) is 7.11 Å². The number of ether oxygens (including phenoxy) is 1. The first-order chi connectivity index (χ1) is 18.6. The Labute approximate surface area is 229 Å². The van der Waals surface area contributed by atoms with Gasteiger partial charge in [-0.05, 0) is 55.7 Å². The predicted molar refractivity (Wildman–Crippen MR) is 141 cm³/mol. The Kier molecular flexibility index (Phi) is 5.58. The number of alkyl halides is 3. The molecule has 39 heavy (non-hydrogen) atoms. The maximum atomic E-state index is 13.2. The Balaban J connectivity index is 1.11. The third-order valence-electron chi connectivity index (χ3n) is 8.69. The molecule has 0 atom stereocenters. The largest absolute Gasteiger partial charge is 0.493 e. The third-order valence-corrected chi connectivity index (χ3v) is 8.93. The SMILES string of the molecule is COc1ccc(C)nc1N1CC2(C1)CN(c1nnc3n1-c1ccc(Cl)cc1CN(C1CC(C(F)(F)F)C1)C3)C2. The summed E-state index contributed by atoms with van der Waals surface area (Å²) in [4.78, 5) is 11.3. The van der Waals surface area contributed by atoms with Crippen LogP contribution >= 0.6 is 11.6 Å². The second-order valence-electron chi connectivity index (χ2n) is 11.5. The number of benzene rings is 1. The molecule has 2 saturated heterocycles. The summed E-state index contributed by atoms with van der Waals surface area (Å²) in [7, 11) is 1.67. The highest BCUT2D eigenvalue weighted by atomic mass is 35.5. The van der Waals surface area contributed by atoms with Crippen LogP contribution in [0.5, 0.6) is 5.75 Å². The molecule has 12 heteroatoms. The molecule has 0 radical (unpaired) electrons. The minimum Gasteiger partial charge on any atom is -0.493 e. The Morgan fingerprint density at radius 3 is 2.46 bits per heavy atom. The second-order valence-corrected chi connectivity index (χ2v) is 11.9. The number of aromatic nitrogens is 4. The number of methoxy groups -OCH3 is 1. The molecular formula is C27H29ClF3N7O. The third kappa shape index (κ3) is 4.12. The van der Waals surface area contributed by atoms with Gasteiger partial charge in [-0.2, -0.15) is 13.2 Å². The van der Waals surface area contributed by atoms with E-state index in [-0.39, 0.29) is 24.3 Å². The molecule has 206 valence electrons. The molecule has 3 fully saturated rings. The van der Waals surface area contributed by atoms with Crippen molar-refractivity contribution in [2.75, 3.05) is 43.1 Å². The van der Waals surface area contributed by atoms with Gasteiger partial charge in [0.1, 0.15) is 0 Å². The zero-order valence-electron chi connectivity index (χ0n) is 21.7. The molecule has 0 unspecified atom stereocenters. The molecule has 4 aliphatic rings. The Morgan fingerprint density at radius 2 is 1.74 bits per heavy atom. The zero-order chi connectivity index (χ0) is 27.1. The van der Waals surface area contributed by atoms with Crippen LogP contribution in [0.1, 0.15) is 29.9 Å². The van der Waals surface area contributed by atoms with Crippen molar-refractivity contribution in [3.05, 3.63) is 52.4 Å². The number of aryl methyl sites for hydroxylation is 1. The standard InChI is InChI=1S/C27H29ClF3N7O/c1-16-3-6-22(39-2)24(32-16)36-12-26(13-36)14-37(15-26)25-34-33-23-11-35(20-8-18(9-20)27(29,30)31)10-17-7-19(28)4-5-21(17)38(23)25/h3-7,18,20H,8-15H2,1-2H3. The van der Waals surface area contributed by atoms with E-state index >= 15 is 0 Å². The summed E-state index contributed by atoms with van der Waals surface area (Å²) in [5.41, 5.74) is 3.02. The second kappa shape index (κ2) is 8.72. The van der Waals surface area contributed by atoms with Gasteiger partial charge in [-0.3, -0.25) is 9.47 Å². The van der Waals surface area contributed by atoms with Crippen molar-refractivity contribution in [1.82, 2.24) is 24.6 Å². The summed E-state index contributed by atoms with van der Waals surface area (Å²) in [5.74, 6) is 1.95. The van der Waals surface area contributed by atoms with Crippen molar-refractivity contribution in [3.63, 3.8) is 0 Å². The smallest absolute Gasteiger partial charge is 0.391 e. The normalized spacial score (nSPS) is 23.8. The molecular weight excluding hydrogens is 531 g/mol.